The van der Waals surface area contributed by atoms with Crippen LogP contribution in [0, 0.1) is 5.92 Å². The molecule has 2 rings (SSSR count). The molecule has 0 bridgehead atoms. The highest BCUT2D eigenvalue weighted by Crippen LogP contribution is 2.33. The first-order chi connectivity index (χ1) is 9.27. The van der Waals surface area contributed by atoms with Crippen molar-refractivity contribution in [3.63, 3.8) is 0 Å². The summed E-state index contributed by atoms with van der Waals surface area (Å²) >= 11 is 0. The zero-order valence-electron chi connectivity index (χ0n) is 12.0. The molecule has 1 fully saturated rings. The van der Waals surface area contributed by atoms with Crippen molar-refractivity contribution in [2.45, 2.75) is 51.2 Å². The minimum absolute atomic E-state index is 0.00977. The fourth-order valence-electron chi connectivity index (χ4n) is 3.20. The Kier molecular flexibility index (Phi) is 5.36. The van der Waals surface area contributed by atoms with E-state index in [1.54, 1.807) is 0 Å². The van der Waals surface area contributed by atoms with Crippen LogP contribution in [0.1, 0.15) is 50.8 Å². The van der Waals surface area contributed by atoms with Gasteiger partial charge in [0.15, 0.2) is 0 Å². The molecule has 1 aromatic rings. The largest absolute Gasteiger partial charge is 0.376 e. The lowest BCUT2D eigenvalue weighted by Crippen LogP contribution is -2.43. The molecule has 108 valence electrons. The van der Waals surface area contributed by atoms with Crippen LogP contribution in [0.15, 0.2) is 12.3 Å². The van der Waals surface area contributed by atoms with E-state index in [2.05, 4.69) is 10.5 Å². The first-order valence-corrected chi connectivity index (χ1v) is 7.33. The van der Waals surface area contributed by atoms with Crippen molar-refractivity contribution in [1.29, 1.82) is 0 Å². The van der Waals surface area contributed by atoms with Gasteiger partial charge in [0.25, 0.3) is 0 Å². The van der Waals surface area contributed by atoms with Crippen molar-refractivity contribution in [3.05, 3.63) is 18.0 Å². The average molecular weight is 266 g/mol. The number of hydrogen-bond donors (Lipinski definition) is 2. The molecular weight excluding hydrogens is 240 g/mol. The van der Waals surface area contributed by atoms with Gasteiger partial charge in [-0.25, -0.2) is 5.43 Å². The minimum atomic E-state index is 0.00977. The predicted octanol–water partition coefficient (Wildman–Crippen LogP) is 1.91. The van der Waals surface area contributed by atoms with E-state index in [1.165, 1.54) is 32.1 Å². The van der Waals surface area contributed by atoms with Crippen molar-refractivity contribution in [3.8, 4) is 0 Å². The maximum Gasteiger partial charge on any atom is 0.0892 e. The molecule has 1 saturated carbocycles. The van der Waals surface area contributed by atoms with E-state index in [0.29, 0.717) is 5.92 Å². The molecule has 5 nitrogen and oxygen atoms in total. The number of aromatic nitrogens is 2. The van der Waals surface area contributed by atoms with Crippen molar-refractivity contribution >= 4 is 0 Å². The molecule has 2 atom stereocenters. The third-order valence-corrected chi connectivity index (χ3v) is 4.16. The van der Waals surface area contributed by atoms with E-state index in [4.69, 9.17) is 10.6 Å². The Balaban J connectivity index is 2.17. The number of nitrogens with zero attached hydrogens (tertiary/aromatic N) is 2. The Bertz CT molecular complexity index is 373. The van der Waals surface area contributed by atoms with Crippen LogP contribution < -0.4 is 11.3 Å². The molecule has 0 spiro atoms. The highest BCUT2D eigenvalue weighted by Gasteiger charge is 2.32. The van der Waals surface area contributed by atoms with Gasteiger partial charge in [0.2, 0.25) is 0 Å². The van der Waals surface area contributed by atoms with Crippen LogP contribution in [0.5, 0.6) is 0 Å². The number of ether oxygens (including phenoxy) is 1. The summed E-state index contributed by atoms with van der Waals surface area (Å²) in [6.07, 6.45) is 8.37. The van der Waals surface area contributed by atoms with Crippen LogP contribution >= 0.6 is 0 Å². The Labute approximate surface area is 115 Å². The molecule has 5 heteroatoms. The number of rotatable bonds is 6. The van der Waals surface area contributed by atoms with E-state index >= 15 is 0 Å². The molecule has 0 saturated heterocycles. The lowest BCUT2D eigenvalue weighted by atomic mass is 9.82. The summed E-state index contributed by atoms with van der Waals surface area (Å²) in [5.74, 6) is 6.39. The topological polar surface area (TPSA) is 65.1 Å². The minimum Gasteiger partial charge on any atom is -0.376 e. The number of nitrogens with two attached hydrogens (primary N) is 1. The summed E-state index contributed by atoms with van der Waals surface area (Å²) in [7, 11) is 1.95. The van der Waals surface area contributed by atoms with Gasteiger partial charge in [-0.2, -0.15) is 5.10 Å². The fourth-order valence-corrected chi connectivity index (χ4v) is 3.20. The molecule has 1 aliphatic carbocycles. The van der Waals surface area contributed by atoms with E-state index in [0.717, 1.165) is 12.3 Å². The lowest BCUT2D eigenvalue weighted by molar-refractivity contribution is -0.0200. The lowest BCUT2D eigenvalue weighted by Gasteiger charge is -2.35. The summed E-state index contributed by atoms with van der Waals surface area (Å²) in [6, 6.07) is 2.02. The van der Waals surface area contributed by atoms with Crippen LogP contribution in [0.2, 0.25) is 0 Å². The Morgan fingerprint density at radius 1 is 1.47 bits per heavy atom. The maximum absolute atomic E-state index is 6.03. The van der Waals surface area contributed by atoms with Gasteiger partial charge in [0.1, 0.15) is 0 Å². The van der Waals surface area contributed by atoms with Gasteiger partial charge in [0, 0.05) is 19.9 Å². The first-order valence-electron chi connectivity index (χ1n) is 7.33. The second-order valence-electron chi connectivity index (χ2n) is 5.34. The summed E-state index contributed by atoms with van der Waals surface area (Å²) in [6.45, 7) is 2.77. The SMILES string of the molecule is CCOC(C1CCCCC1)C(NN)c1ccnn1C. The van der Waals surface area contributed by atoms with Gasteiger partial charge in [-0.3, -0.25) is 10.5 Å². The third-order valence-electron chi connectivity index (χ3n) is 4.16. The Hall–Kier alpha value is -0.910. The molecule has 3 N–H and O–H groups in total. The number of hydrazine groups is 1. The second-order valence-corrected chi connectivity index (χ2v) is 5.34. The maximum atomic E-state index is 6.03. The Morgan fingerprint density at radius 2 is 2.21 bits per heavy atom. The molecule has 0 amide bonds. The summed E-state index contributed by atoms with van der Waals surface area (Å²) in [4.78, 5) is 0. The monoisotopic (exact) mass is 266 g/mol. The van der Waals surface area contributed by atoms with Crippen LogP contribution in [0.3, 0.4) is 0 Å². The van der Waals surface area contributed by atoms with Gasteiger partial charge in [-0.15, -0.1) is 0 Å². The number of aryl methyl sites for hydroxylation is 1. The summed E-state index contributed by atoms with van der Waals surface area (Å²) < 4.78 is 7.90. The van der Waals surface area contributed by atoms with Gasteiger partial charge in [-0.1, -0.05) is 19.3 Å². The van der Waals surface area contributed by atoms with Crippen molar-refractivity contribution < 1.29 is 4.74 Å². The standard InChI is InChI=1S/C14H26N4O/c1-3-19-14(11-7-5-4-6-8-11)13(17-15)12-9-10-16-18(12)2/h9-11,13-14,17H,3-8,15H2,1-2H3. The number of nitrogens with one attached hydrogen (secondary N) is 1. The molecule has 19 heavy (non-hydrogen) atoms. The van der Waals surface area contributed by atoms with E-state index in [-0.39, 0.29) is 12.1 Å². The van der Waals surface area contributed by atoms with Crippen molar-refractivity contribution in [1.82, 2.24) is 15.2 Å². The van der Waals surface area contributed by atoms with E-state index in [9.17, 15) is 0 Å². The summed E-state index contributed by atoms with van der Waals surface area (Å²) in [5.41, 5.74) is 4.03. The zero-order valence-corrected chi connectivity index (χ0v) is 12.0. The van der Waals surface area contributed by atoms with Gasteiger partial charge in [-0.05, 0) is 31.7 Å². The highest BCUT2D eigenvalue weighted by atomic mass is 16.5. The molecule has 1 aromatic heterocycles. The number of hydrogen-bond acceptors (Lipinski definition) is 4. The highest BCUT2D eigenvalue weighted by molar-refractivity contribution is 5.09. The quantitative estimate of drug-likeness (QED) is 0.610. The third kappa shape index (κ3) is 3.35. The van der Waals surface area contributed by atoms with Gasteiger partial charge in [0.05, 0.1) is 17.8 Å². The van der Waals surface area contributed by atoms with Crippen LogP contribution in [-0.4, -0.2) is 22.5 Å². The summed E-state index contributed by atoms with van der Waals surface area (Å²) in [5, 5.41) is 4.24. The smallest absolute Gasteiger partial charge is 0.0892 e. The average Bonchev–Trinajstić information content (AvgIpc) is 2.86. The van der Waals surface area contributed by atoms with Gasteiger partial charge >= 0.3 is 0 Å². The Morgan fingerprint density at radius 3 is 2.74 bits per heavy atom. The normalized spacial score (nSPS) is 20.4. The molecule has 2 unspecified atom stereocenters. The zero-order chi connectivity index (χ0) is 13.7. The van der Waals surface area contributed by atoms with Crippen molar-refractivity contribution in [2.24, 2.45) is 18.8 Å². The van der Waals surface area contributed by atoms with Crippen LogP contribution in [0.4, 0.5) is 0 Å². The molecule has 0 aromatic carbocycles. The second kappa shape index (κ2) is 7.03. The predicted molar refractivity (Wildman–Crippen MR) is 75.3 cm³/mol. The molecule has 0 radical (unpaired) electrons. The van der Waals surface area contributed by atoms with E-state index < -0.39 is 0 Å². The van der Waals surface area contributed by atoms with Gasteiger partial charge < -0.3 is 4.74 Å². The van der Waals surface area contributed by atoms with E-state index in [1.807, 2.05) is 30.9 Å². The molecular formula is C14H26N4O. The van der Waals surface area contributed by atoms with Crippen molar-refractivity contribution in [2.75, 3.05) is 6.61 Å². The fraction of sp³-hybridized carbons (Fsp3) is 0.786. The molecule has 1 heterocycles. The van der Waals surface area contributed by atoms with Crippen LogP contribution in [-0.2, 0) is 11.8 Å². The first kappa shape index (κ1) is 14.5. The molecule has 1 aliphatic rings. The van der Waals surface area contributed by atoms with Crippen LogP contribution in [0.25, 0.3) is 0 Å². The molecule has 0 aliphatic heterocycles.